The van der Waals surface area contributed by atoms with Crippen LogP contribution in [-0.2, 0) is 0 Å². The number of carbonyl (C=O) groups is 1. The van der Waals surface area contributed by atoms with Crippen molar-refractivity contribution in [1.29, 1.82) is 0 Å². The van der Waals surface area contributed by atoms with E-state index in [0.29, 0.717) is 18.4 Å². The number of imidazole rings is 1. The number of hydrogen-bond acceptors (Lipinski definition) is 5. The zero-order chi connectivity index (χ0) is 22.1. The predicted octanol–water partition coefficient (Wildman–Crippen LogP) is 3.73. The molecule has 2 aliphatic rings. The summed E-state index contributed by atoms with van der Waals surface area (Å²) < 4.78 is 7.56. The van der Waals surface area contributed by atoms with E-state index < -0.39 is 0 Å². The van der Waals surface area contributed by atoms with Crippen LogP contribution >= 0.6 is 11.3 Å². The number of hydrogen-bond donors (Lipinski definition) is 1. The third-order valence-corrected chi connectivity index (χ3v) is 7.76. The van der Waals surface area contributed by atoms with Gasteiger partial charge < -0.3 is 19.5 Å². The Bertz CT molecular complexity index is 1130. The van der Waals surface area contributed by atoms with Crippen molar-refractivity contribution in [2.45, 2.75) is 44.7 Å². The minimum atomic E-state index is -0.00327. The molecule has 0 saturated carbocycles. The Morgan fingerprint density at radius 2 is 1.78 bits per heavy atom. The van der Waals surface area contributed by atoms with E-state index in [0.717, 1.165) is 67.8 Å². The van der Waals surface area contributed by atoms with Gasteiger partial charge in [-0.05, 0) is 56.2 Å². The average Bonchev–Trinajstić information content (AvgIpc) is 3.42. The van der Waals surface area contributed by atoms with Gasteiger partial charge in [-0.3, -0.25) is 9.36 Å². The highest BCUT2D eigenvalue weighted by molar-refractivity contribution is 7.12. The number of H-pyrrole nitrogens is 1. The van der Waals surface area contributed by atoms with Crippen molar-refractivity contribution in [2.24, 2.45) is 0 Å². The number of benzene rings is 1. The molecule has 0 unspecified atom stereocenters. The molecule has 0 aliphatic carbocycles. The third-order valence-electron chi connectivity index (χ3n) is 6.88. The van der Waals surface area contributed by atoms with E-state index in [4.69, 9.17) is 4.74 Å². The number of nitrogens with one attached hydrogen (secondary N) is 1. The van der Waals surface area contributed by atoms with Crippen LogP contribution in [0.1, 0.15) is 48.3 Å². The molecule has 7 nitrogen and oxygen atoms in total. The van der Waals surface area contributed by atoms with E-state index in [2.05, 4.69) is 9.88 Å². The van der Waals surface area contributed by atoms with E-state index in [1.807, 2.05) is 52.1 Å². The first kappa shape index (κ1) is 21.3. The zero-order valence-electron chi connectivity index (χ0n) is 18.5. The number of aromatic amines is 1. The molecule has 4 heterocycles. The maximum absolute atomic E-state index is 13.0. The fourth-order valence-corrected chi connectivity index (χ4v) is 6.05. The summed E-state index contributed by atoms with van der Waals surface area (Å²) >= 11 is 1.46. The first-order chi connectivity index (χ1) is 15.7. The predicted molar refractivity (Wildman–Crippen MR) is 127 cm³/mol. The van der Waals surface area contributed by atoms with E-state index in [-0.39, 0.29) is 17.6 Å². The molecule has 32 heavy (non-hydrogen) atoms. The summed E-state index contributed by atoms with van der Waals surface area (Å²) in [6.07, 6.45) is 3.96. The maximum atomic E-state index is 13.0. The topological polar surface area (TPSA) is 70.6 Å². The van der Waals surface area contributed by atoms with E-state index in [1.165, 1.54) is 11.3 Å². The monoisotopic (exact) mass is 454 g/mol. The van der Waals surface area contributed by atoms with Crippen LogP contribution < -0.4 is 10.4 Å². The molecular weight excluding hydrogens is 424 g/mol. The summed E-state index contributed by atoms with van der Waals surface area (Å²) in [6.45, 7) is 6.07. The van der Waals surface area contributed by atoms with Gasteiger partial charge in [0, 0.05) is 38.3 Å². The quantitative estimate of drug-likeness (QED) is 0.638. The molecule has 5 rings (SSSR count). The van der Waals surface area contributed by atoms with Crippen molar-refractivity contribution >= 4 is 28.3 Å². The second-order valence-electron chi connectivity index (χ2n) is 8.65. The molecule has 2 saturated heterocycles. The molecule has 2 fully saturated rings. The molecule has 0 atom stereocenters. The van der Waals surface area contributed by atoms with Gasteiger partial charge in [0.05, 0.1) is 17.6 Å². The fraction of sp³-hybridized carbons (Fsp3) is 0.500. The second-order valence-corrected chi connectivity index (χ2v) is 9.57. The van der Waals surface area contributed by atoms with Crippen LogP contribution in [0.5, 0.6) is 5.75 Å². The highest BCUT2D eigenvalue weighted by Gasteiger charge is 2.32. The standard InChI is InChI=1S/C24H30N4O3S/c1-2-31-21-11-16-32-22(21)23(29)27-14-7-17(8-15-27)26-12-9-18(10-13-26)28-20-6-4-3-5-19(20)25-24(28)30/h3-6,11,16-18H,2,7-10,12-15H2,1H3,(H,25,30). The molecule has 0 spiro atoms. The Kier molecular flexibility index (Phi) is 6.06. The van der Waals surface area contributed by atoms with Crippen molar-refractivity contribution in [3.8, 4) is 5.75 Å². The van der Waals surface area contributed by atoms with Gasteiger partial charge in [-0.15, -0.1) is 11.3 Å². The Balaban J connectivity index is 1.17. The number of thiophene rings is 1. The Morgan fingerprint density at radius 1 is 1.06 bits per heavy atom. The summed E-state index contributed by atoms with van der Waals surface area (Å²) in [6, 6.07) is 10.6. The van der Waals surface area contributed by atoms with Gasteiger partial charge in [-0.2, -0.15) is 0 Å². The number of para-hydroxylation sites is 2. The molecule has 1 N–H and O–H groups in total. The second kappa shape index (κ2) is 9.11. The molecule has 0 bridgehead atoms. The van der Waals surface area contributed by atoms with Crippen molar-refractivity contribution in [3.63, 3.8) is 0 Å². The summed E-state index contributed by atoms with van der Waals surface area (Å²) in [7, 11) is 0. The van der Waals surface area contributed by atoms with Gasteiger partial charge in [-0.1, -0.05) is 12.1 Å². The van der Waals surface area contributed by atoms with Crippen LogP contribution in [-0.4, -0.2) is 64.1 Å². The summed E-state index contributed by atoms with van der Waals surface area (Å²) in [4.78, 5) is 33.7. The number of likely N-dealkylation sites (tertiary alicyclic amines) is 2. The number of amides is 1. The number of rotatable bonds is 5. The SMILES string of the molecule is CCOc1ccsc1C(=O)N1CCC(N2CCC(n3c(=O)[nH]c4ccccc43)CC2)CC1. The molecule has 1 amide bonds. The van der Waals surface area contributed by atoms with Gasteiger partial charge in [0.25, 0.3) is 5.91 Å². The van der Waals surface area contributed by atoms with Gasteiger partial charge in [0.2, 0.25) is 0 Å². The van der Waals surface area contributed by atoms with E-state index in [1.54, 1.807) is 0 Å². The van der Waals surface area contributed by atoms with Crippen LogP contribution in [0.2, 0.25) is 0 Å². The van der Waals surface area contributed by atoms with Crippen molar-refractivity contribution in [2.75, 3.05) is 32.8 Å². The minimum absolute atomic E-state index is 0.00327. The molecule has 170 valence electrons. The number of aromatic nitrogens is 2. The first-order valence-electron chi connectivity index (χ1n) is 11.6. The molecule has 3 aromatic rings. The van der Waals surface area contributed by atoms with Gasteiger partial charge in [0.15, 0.2) is 0 Å². The third kappa shape index (κ3) is 3.97. The van der Waals surface area contributed by atoms with Gasteiger partial charge in [0.1, 0.15) is 10.6 Å². The van der Waals surface area contributed by atoms with Crippen LogP contribution in [0, 0.1) is 0 Å². The first-order valence-corrected chi connectivity index (χ1v) is 12.5. The Morgan fingerprint density at radius 3 is 2.53 bits per heavy atom. The summed E-state index contributed by atoms with van der Waals surface area (Å²) in [5, 5.41) is 1.92. The lowest BCUT2D eigenvalue weighted by Gasteiger charge is -2.42. The number of ether oxygens (including phenoxy) is 1. The van der Waals surface area contributed by atoms with Crippen LogP contribution in [0.4, 0.5) is 0 Å². The largest absolute Gasteiger partial charge is 0.492 e. The lowest BCUT2D eigenvalue weighted by atomic mass is 9.97. The highest BCUT2D eigenvalue weighted by Crippen LogP contribution is 2.30. The molecule has 2 aromatic heterocycles. The van der Waals surface area contributed by atoms with Crippen molar-refractivity contribution < 1.29 is 9.53 Å². The smallest absolute Gasteiger partial charge is 0.326 e. The minimum Gasteiger partial charge on any atom is -0.492 e. The van der Waals surface area contributed by atoms with Crippen LogP contribution in [0.3, 0.4) is 0 Å². The zero-order valence-corrected chi connectivity index (χ0v) is 19.3. The van der Waals surface area contributed by atoms with Crippen molar-refractivity contribution in [3.05, 3.63) is 51.1 Å². The van der Waals surface area contributed by atoms with E-state index in [9.17, 15) is 9.59 Å². The van der Waals surface area contributed by atoms with E-state index >= 15 is 0 Å². The van der Waals surface area contributed by atoms with Crippen molar-refractivity contribution in [1.82, 2.24) is 19.4 Å². The molecule has 0 radical (unpaired) electrons. The number of nitrogens with zero attached hydrogens (tertiary/aromatic N) is 3. The molecular formula is C24H30N4O3S. The van der Waals surface area contributed by atoms with Gasteiger partial charge >= 0.3 is 5.69 Å². The number of fused-ring (bicyclic) bond motifs is 1. The lowest BCUT2D eigenvalue weighted by Crippen LogP contribution is -2.49. The molecule has 8 heteroatoms. The summed E-state index contributed by atoms with van der Waals surface area (Å²) in [5.74, 6) is 0.804. The van der Waals surface area contributed by atoms with Gasteiger partial charge in [-0.25, -0.2) is 4.79 Å². The summed E-state index contributed by atoms with van der Waals surface area (Å²) in [5.41, 5.74) is 1.91. The maximum Gasteiger partial charge on any atom is 0.326 e. The Hall–Kier alpha value is -2.58. The number of piperidine rings is 2. The molecule has 2 aliphatic heterocycles. The lowest BCUT2D eigenvalue weighted by molar-refractivity contribution is 0.0559. The normalized spacial score (nSPS) is 19.0. The average molecular weight is 455 g/mol. The molecule has 1 aromatic carbocycles. The van der Waals surface area contributed by atoms with Crippen LogP contribution in [0.25, 0.3) is 11.0 Å². The fourth-order valence-electron chi connectivity index (χ4n) is 5.25. The van der Waals surface area contributed by atoms with Crippen LogP contribution in [0.15, 0.2) is 40.5 Å². The highest BCUT2D eigenvalue weighted by atomic mass is 32.1. The Labute approximate surface area is 191 Å². The number of carbonyl (C=O) groups excluding carboxylic acids is 1.